The van der Waals surface area contributed by atoms with Gasteiger partial charge in [0.15, 0.2) is 0 Å². The Balaban J connectivity index is 1.56. The zero-order valence-electron chi connectivity index (χ0n) is 12.5. The highest BCUT2D eigenvalue weighted by molar-refractivity contribution is 9.10. The summed E-state index contributed by atoms with van der Waals surface area (Å²) in [5, 5.41) is 2.09. The first kappa shape index (κ1) is 14.3. The number of halogens is 1. The molecule has 4 saturated carbocycles. The molecule has 0 N–H and O–H groups in total. The molecule has 4 fully saturated rings. The van der Waals surface area contributed by atoms with E-state index in [2.05, 4.69) is 33.4 Å². The molecule has 1 heterocycles. The SMILES string of the molecule is CN(Cc1cccs1)C(=O)C12CC3CC(CC(Br)(C3)C1)C2. The first-order chi connectivity index (χ1) is 9.98. The van der Waals surface area contributed by atoms with Crippen molar-refractivity contribution in [3.8, 4) is 0 Å². The van der Waals surface area contributed by atoms with Crippen LogP contribution in [-0.4, -0.2) is 22.2 Å². The molecule has 0 spiro atoms. The van der Waals surface area contributed by atoms with Crippen molar-refractivity contribution in [3.63, 3.8) is 0 Å². The Bertz CT molecular complexity index is 541. The Hall–Kier alpha value is -0.350. The molecule has 0 saturated heterocycles. The molecule has 21 heavy (non-hydrogen) atoms. The Morgan fingerprint density at radius 2 is 2.10 bits per heavy atom. The molecule has 0 aromatic carbocycles. The van der Waals surface area contributed by atoms with E-state index in [1.165, 1.54) is 24.1 Å². The van der Waals surface area contributed by atoms with Crippen LogP contribution in [0.2, 0.25) is 0 Å². The summed E-state index contributed by atoms with van der Waals surface area (Å²) in [6, 6.07) is 4.19. The van der Waals surface area contributed by atoms with Gasteiger partial charge in [0.25, 0.3) is 0 Å². The predicted molar refractivity (Wildman–Crippen MR) is 89.6 cm³/mol. The van der Waals surface area contributed by atoms with E-state index in [1.54, 1.807) is 11.3 Å². The quantitative estimate of drug-likeness (QED) is 0.723. The van der Waals surface area contributed by atoms with Crippen LogP contribution in [0.15, 0.2) is 17.5 Å². The maximum absolute atomic E-state index is 13.2. The normalized spacial score (nSPS) is 40.5. The molecule has 0 radical (unpaired) electrons. The Morgan fingerprint density at radius 3 is 2.67 bits per heavy atom. The summed E-state index contributed by atoms with van der Waals surface area (Å²) in [4.78, 5) is 16.4. The van der Waals surface area contributed by atoms with Gasteiger partial charge >= 0.3 is 0 Å². The number of hydrogen-bond acceptors (Lipinski definition) is 2. The fourth-order valence-electron chi connectivity index (χ4n) is 5.51. The Morgan fingerprint density at radius 1 is 1.38 bits per heavy atom. The van der Waals surface area contributed by atoms with Gasteiger partial charge in [-0.3, -0.25) is 4.79 Å². The van der Waals surface area contributed by atoms with Gasteiger partial charge in [-0.15, -0.1) is 11.3 Å². The minimum absolute atomic E-state index is 0.0698. The molecule has 2 nitrogen and oxygen atoms in total. The van der Waals surface area contributed by atoms with Crippen LogP contribution in [0, 0.1) is 17.3 Å². The average Bonchev–Trinajstić information content (AvgIpc) is 2.87. The van der Waals surface area contributed by atoms with Gasteiger partial charge in [-0.05, 0) is 61.8 Å². The topological polar surface area (TPSA) is 20.3 Å². The molecule has 1 aromatic rings. The molecular formula is C17H22BrNOS. The van der Waals surface area contributed by atoms with Gasteiger partial charge in [0, 0.05) is 16.2 Å². The molecule has 4 bridgehead atoms. The third-order valence-electron chi connectivity index (χ3n) is 5.76. The Labute approximate surface area is 139 Å². The highest BCUT2D eigenvalue weighted by atomic mass is 79.9. The molecule has 4 heteroatoms. The number of thiophene rings is 1. The summed E-state index contributed by atoms with van der Waals surface area (Å²) < 4.78 is 0.260. The summed E-state index contributed by atoms with van der Waals surface area (Å²) >= 11 is 5.74. The van der Waals surface area contributed by atoms with E-state index in [9.17, 15) is 4.79 Å². The van der Waals surface area contributed by atoms with Gasteiger partial charge in [0.05, 0.1) is 12.0 Å². The highest BCUT2D eigenvalue weighted by Gasteiger charge is 2.60. The van der Waals surface area contributed by atoms with Gasteiger partial charge < -0.3 is 4.90 Å². The standard InChI is InChI=1S/C17H22BrNOS/c1-19(10-14-3-2-4-21-14)15(20)16-6-12-5-13(7-16)9-17(18,8-12)11-16/h2-4,12-13H,5-11H2,1H3. The van der Waals surface area contributed by atoms with Crippen LogP contribution in [0.5, 0.6) is 0 Å². The summed E-state index contributed by atoms with van der Waals surface area (Å²) in [5.74, 6) is 1.93. The minimum Gasteiger partial charge on any atom is -0.340 e. The van der Waals surface area contributed by atoms with Gasteiger partial charge in [-0.25, -0.2) is 0 Å². The third-order valence-corrected chi connectivity index (χ3v) is 7.55. The predicted octanol–water partition coefficient (Wildman–Crippen LogP) is 4.44. The second-order valence-electron chi connectivity index (χ2n) is 7.63. The molecule has 2 atom stereocenters. The first-order valence-corrected chi connectivity index (χ1v) is 9.62. The van der Waals surface area contributed by atoms with E-state index >= 15 is 0 Å². The average molecular weight is 368 g/mol. The number of hydrogen-bond donors (Lipinski definition) is 0. The molecule has 4 aliphatic carbocycles. The first-order valence-electron chi connectivity index (χ1n) is 7.95. The van der Waals surface area contributed by atoms with E-state index in [0.717, 1.165) is 37.6 Å². The van der Waals surface area contributed by atoms with Gasteiger partial charge in [-0.1, -0.05) is 22.0 Å². The highest BCUT2D eigenvalue weighted by Crippen LogP contribution is 2.64. The van der Waals surface area contributed by atoms with E-state index in [-0.39, 0.29) is 9.74 Å². The van der Waals surface area contributed by atoms with Crippen LogP contribution in [0.25, 0.3) is 0 Å². The lowest BCUT2D eigenvalue weighted by atomic mass is 9.49. The monoisotopic (exact) mass is 367 g/mol. The van der Waals surface area contributed by atoms with Crippen molar-refractivity contribution >= 4 is 33.2 Å². The number of nitrogens with zero attached hydrogens (tertiary/aromatic N) is 1. The number of amides is 1. The van der Waals surface area contributed by atoms with Crippen LogP contribution in [-0.2, 0) is 11.3 Å². The van der Waals surface area contributed by atoms with Crippen LogP contribution in [0.1, 0.15) is 43.4 Å². The summed E-state index contributed by atoms with van der Waals surface area (Å²) in [5.41, 5.74) is -0.0698. The van der Waals surface area contributed by atoms with Crippen LogP contribution < -0.4 is 0 Å². The number of carbonyl (C=O) groups is 1. The van der Waals surface area contributed by atoms with E-state index in [0.29, 0.717) is 5.91 Å². The van der Waals surface area contributed by atoms with Crippen molar-refractivity contribution in [2.75, 3.05) is 7.05 Å². The molecular weight excluding hydrogens is 346 g/mol. The zero-order chi connectivity index (χ0) is 14.7. The van der Waals surface area contributed by atoms with Crippen molar-refractivity contribution in [1.29, 1.82) is 0 Å². The molecule has 1 amide bonds. The summed E-state index contributed by atoms with van der Waals surface area (Å²) in [7, 11) is 1.99. The molecule has 1 aromatic heterocycles. The van der Waals surface area contributed by atoms with Crippen LogP contribution in [0.4, 0.5) is 0 Å². The molecule has 0 aliphatic heterocycles. The van der Waals surface area contributed by atoms with E-state index < -0.39 is 0 Å². The van der Waals surface area contributed by atoms with Crippen molar-refractivity contribution in [2.24, 2.45) is 17.3 Å². The molecule has 2 unspecified atom stereocenters. The second-order valence-corrected chi connectivity index (χ2v) is 10.3. The fraction of sp³-hybridized carbons (Fsp3) is 0.706. The van der Waals surface area contributed by atoms with Gasteiger partial charge in [-0.2, -0.15) is 0 Å². The van der Waals surface area contributed by atoms with Crippen molar-refractivity contribution in [1.82, 2.24) is 4.90 Å². The molecule has 114 valence electrons. The smallest absolute Gasteiger partial charge is 0.228 e. The largest absolute Gasteiger partial charge is 0.340 e. The van der Waals surface area contributed by atoms with E-state index in [1.807, 2.05) is 11.9 Å². The van der Waals surface area contributed by atoms with Crippen molar-refractivity contribution in [2.45, 2.75) is 49.4 Å². The Kier molecular flexibility index (Phi) is 3.27. The number of rotatable bonds is 3. The second kappa shape index (κ2) is 4.82. The lowest BCUT2D eigenvalue weighted by Crippen LogP contribution is -2.58. The van der Waals surface area contributed by atoms with Gasteiger partial charge in [0.2, 0.25) is 5.91 Å². The van der Waals surface area contributed by atoms with Crippen LogP contribution >= 0.6 is 27.3 Å². The maximum atomic E-state index is 13.2. The number of alkyl halides is 1. The maximum Gasteiger partial charge on any atom is 0.228 e. The molecule has 4 aliphatic rings. The third kappa shape index (κ3) is 2.39. The van der Waals surface area contributed by atoms with Gasteiger partial charge in [0.1, 0.15) is 0 Å². The van der Waals surface area contributed by atoms with Crippen LogP contribution in [0.3, 0.4) is 0 Å². The zero-order valence-corrected chi connectivity index (χ0v) is 14.9. The van der Waals surface area contributed by atoms with Crippen molar-refractivity contribution < 1.29 is 4.79 Å². The lowest BCUT2D eigenvalue weighted by Gasteiger charge is -2.59. The van der Waals surface area contributed by atoms with E-state index in [4.69, 9.17) is 0 Å². The molecule has 5 rings (SSSR count). The summed E-state index contributed by atoms with van der Waals surface area (Å²) in [6.07, 6.45) is 7.24. The van der Waals surface area contributed by atoms with Crippen molar-refractivity contribution in [3.05, 3.63) is 22.4 Å². The number of carbonyl (C=O) groups excluding carboxylic acids is 1. The lowest BCUT2D eigenvalue weighted by molar-refractivity contribution is -0.154. The minimum atomic E-state index is -0.0698. The fourth-order valence-corrected chi connectivity index (χ4v) is 7.72. The summed E-state index contributed by atoms with van der Waals surface area (Å²) in [6.45, 7) is 0.767.